The summed E-state index contributed by atoms with van der Waals surface area (Å²) >= 11 is 0. The highest BCUT2D eigenvalue weighted by molar-refractivity contribution is 5.07. The van der Waals surface area contributed by atoms with E-state index in [1.54, 1.807) is 13.3 Å². The van der Waals surface area contributed by atoms with Gasteiger partial charge in [-0.3, -0.25) is 0 Å². The Balaban J connectivity index is 1.79. The standard InChI is InChI=1S/C13H22N2O3/c1-13(5-3-8-17-13)11-10-15-12(18-11)4-6-14-7-9-16-2/h10,14H,3-9H2,1-2H3. The van der Waals surface area contributed by atoms with E-state index in [9.17, 15) is 0 Å². The minimum Gasteiger partial charge on any atom is -0.443 e. The number of aromatic nitrogens is 1. The molecule has 1 unspecified atom stereocenters. The molecule has 18 heavy (non-hydrogen) atoms. The zero-order chi connectivity index (χ0) is 12.8. The molecule has 1 N–H and O–H groups in total. The summed E-state index contributed by atoms with van der Waals surface area (Å²) in [6.07, 6.45) is 4.69. The van der Waals surface area contributed by atoms with Crippen molar-refractivity contribution in [1.82, 2.24) is 10.3 Å². The van der Waals surface area contributed by atoms with Crippen molar-refractivity contribution >= 4 is 0 Å². The lowest BCUT2D eigenvalue weighted by Gasteiger charge is -2.19. The van der Waals surface area contributed by atoms with E-state index < -0.39 is 0 Å². The fourth-order valence-corrected chi connectivity index (χ4v) is 2.14. The van der Waals surface area contributed by atoms with Gasteiger partial charge < -0.3 is 19.2 Å². The Labute approximate surface area is 108 Å². The normalized spacial score (nSPS) is 23.7. The van der Waals surface area contributed by atoms with E-state index in [0.29, 0.717) is 0 Å². The Morgan fingerprint density at radius 1 is 1.50 bits per heavy atom. The first-order chi connectivity index (χ1) is 8.74. The minimum atomic E-state index is -0.269. The van der Waals surface area contributed by atoms with Gasteiger partial charge in [-0.15, -0.1) is 0 Å². The van der Waals surface area contributed by atoms with Crippen LogP contribution in [-0.2, 0) is 21.5 Å². The highest BCUT2D eigenvalue weighted by atomic mass is 16.5. The van der Waals surface area contributed by atoms with Gasteiger partial charge >= 0.3 is 0 Å². The molecule has 1 aromatic heterocycles. The number of methoxy groups -OCH3 is 1. The molecule has 0 aliphatic carbocycles. The molecule has 0 radical (unpaired) electrons. The zero-order valence-corrected chi connectivity index (χ0v) is 11.2. The van der Waals surface area contributed by atoms with Crippen molar-refractivity contribution in [2.24, 2.45) is 0 Å². The lowest BCUT2D eigenvalue weighted by Crippen LogP contribution is -2.21. The van der Waals surface area contributed by atoms with Gasteiger partial charge in [0, 0.05) is 33.2 Å². The van der Waals surface area contributed by atoms with Gasteiger partial charge in [0.25, 0.3) is 0 Å². The summed E-state index contributed by atoms with van der Waals surface area (Å²) in [5.74, 6) is 1.62. The zero-order valence-electron chi connectivity index (χ0n) is 11.2. The molecule has 1 atom stereocenters. The summed E-state index contributed by atoms with van der Waals surface area (Å²) in [5.41, 5.74) is -0.269. The molecule has 2 heterocycles. The van der Waals surface area contributed by atoms with Gasteiger partial charge in [-0.1, -0.05) is 0 Å². The summed E-state index contributed by atoms with van der Waals surface area (Å²) < 4.78 is 16.5. The predicted molar refractivity (Wildman–Crippen MR) is 67.5 cm³/mol. The van der Waals surface area contributed by atoms with E-state index >= 15 is 0 Å². The summed E-state index contributed by atoms with van der Waals surface area (Å²) in [6, 6.07) is 0. The van der Waals surface area contributed by atoms with Crippen LogP contribution in [0.3, 0.4) is 0 Å². The van der Waals surface area contributed by atoms with Crippen molar-refractivity contribution in [2.45, 2.75) is 31.8 Å². The van der Waals surface area contributed by atoms with Gasteiger partial charge in [-0.2, -0.15) is 0 Å². The molecule has 0 saturated carbocycles. The molecule has 0 bridgehead atoms. The maximum atomic E-state index is 5.77. The second kappa shape index (κ2) is 6.31. The van der Waals surface area contributed by atoms with E-state index in [1.807, 2.05) is 0 Å². The van der Waals surface area contributed by atoms with Gasteiger partial charge in [-0.05, 0) is 19.8 Å². The van der Waals surface area contributed by atoms with Crippen LogP contribution in [0.1, 0.15) is 31.4 Å². The van der Waals surface area contributed by atoms with Crippen LogP contribution >= 0.6 is 0 Å². The first-order valence-electron chi connectivity index (χ1n) is 6.53. The summed E-state index contributed by atoms with van der Waals surface area (Å²) in [5, 5.41) is 3.27. The third-order valence-corrected chi connectivity index (χ3v) is 3.29. The molecule has 1 saturated heterocycles. The molecule has 102 valence electrons. The highest BCUT2D eigenvalue weighted by Crippen LogP contribution is 2.35. The van der Waals surface area contributed by atoms with Crippen LogP contribution < -0.4 is 5.32 Å². The summed E-state index contributed by atoms with van der Waals surface area (Å²) in [6.45, 7) is 5.31. The molecule has 0 aromatic carbocycles. The Hall–Kier alpha value is -0.910. The van der Waals surface area contributed by atoms with E-state index in [2.05, 4.69) is 17.2 Å². The minimum absolute atomic E-state index is 0.269. The van der Waals surface area contributed by atoms with Crippen LogP contribution in [0.15, 0.2) is 10.6 Å². The molecular formula is C13H22N2O3. The van der Waals surface area contributed by atoms with Gasteiger partial charge in [0.1, 0.15) is 5.60 Å². The SMILES string of the molecule is COCCNCCc1ncc(C2(C)CCCO2)o1. The Morgan fingerprint density at radius 3 is 3.11 bits per heavy atom. The van der Waals surface area contributed by atoms with Crippen molar-refractivity contribution in [2.75, 3.05) is 33.4 Å². The van der Waals surface area contributed by atoms with Crippen molar-refractivity contribution in [3.63, 3.8) is 0 Å². The van der Waals surface area contributed by atoms with Crippen LogP contribution in [0, 0.1) is 0 Å². The molecular weight excluding hydrogens is 232 g/mol. The van der Waals surface area contributed by atoms with Gasteiger partial charge in [-0.25, -0.2) is 4.98 Å². The highest BCUT2D eigenvalue weighted by Gasteiger charge is 2.35. The van der Waals surface area contributed by atoms with Crippen LogP contribution in [-0.4, -0.2) is 38.4 Å². The van der Waals surface area contributed by atoms with Gasteiger partial charge in [0.05, 0.1) is 12.8 Å². The lowest BCUT2D eigenvalue weighted by atomic mass is 10.0. The van der Waals surface area contributed by atoms with E-state index in [-0.39, 0.29) is 5.60 Å². The fraction of sp³-hybridized carbons (Fsp3) is 0.769. The average molecular weight is 254 g/mol. The van der Waals surface area contributed by atoms with Crippen molar-refractivity contribution in [1.29, 1.82) is 0 Å². The lowest BCUT2D eigenvalue weighted by molar-refractivity contribution is -0.00163. The number of hydrogen-bond donors (Lipinski definition) is 1. The second-order valence-corrected chi connectivity index (χ2v) is 4.79. The third-order valence-electron chi connectivity index (χ3n) is 3.29. The molecule has 5 heteroatoms. The van der Waals surface area contributed by atoms with E-state index in [4.69, 9.17) is 13.9 Å². The Bertz CT molecular complexity index is 359. The summed E-state index contributed by atoms with van der Waals surface area (Å²) in [7, 11) is 1.70. The maximum Gasteiger partial charge on any atom is 0.195 e. The second-order valence-electron chi connectivity index (χ2n) is 4.79. The van der Waals surface area contributed by atoms with Crippen LogP contribution in [0.4, 0.5) is 0 Å². The molecule has 0 amide bonds. The quantitative estimate of drug-likeness (QED) is 0.747. The number of nitrogens with zero attached hydrogens (tertiary/aromatic N) is 1. The molecule has 1 aliphatic rings. The molecule has 0 spiro atoms. The number of oxazole rings is 1. The van der Waals surface area contributed by atoms with Crippen molar-refractivity contribution in [3.8, 4) is 0 Å². The largest absolute Gasteiger partial charge is 0.443 e. The topological polar surface area (TPSA) is 56.5 Å². The Morgan fingerprint density at radius 2 is 2.39 bits per heavy atom. The fourth-order valence-electron chi connectivity index (χ4n) is 2.14. The van der Waals surface area contributed by atoms with Crippen molar-refractivity contribution < 1.29 is 13.9 Å². The first kappa shape index (κ1) is 13.5. The molecule has 5 nitrogen and oxygen atoms in total. The van der Waals surface area contributed by atoms with Gasteiger partial charge in [0.15, 0.2) is 11.7 Å². The number of ether oxygens (including phenoxy) is 2. The van der Waals surface area contributed by atoms with Crippen LogP contribution in [0.25, 0.3) is 0 Å². The van der Waals surface area contributed by atoms with Crippen molar-refractivity contribution in [3.05, 3.63) is 17.8 Å². The van der Waals surface area contributed by atoms with Gasteiger partial charge in [0.2, 0.25) is 0 Å². The van der Waals surface area contributed by atoms with Crippen LogP contribution in [0.5, 0.6) is 0 Å². The van der Waals surface area contributed by atoms with Crippen LogP contribution in [0.2, 0.25) is 0 Å². The third kappa shape index (κ3) is 3.31. The summed E-state index contributed by atoms with van der Waals surface area (Å²) in [4.78, 5) is 4.31. The molecule has 1 fully saturated rings. The van der Waals surface area contributed by atoms with E-state index in [1.165, 1.54) is 0 Å². The molecule has 2 rings (SSSR count). The number of rotatable bonds is 7. The molecule has 1 aromatic rings. The monoisotopic (exact) mass is 254 g/mol. The number of hydrogen-bond acceptors (Lipinski definition) is 5. The predicted octanol–water partition coefficient (Wildman–Crippen LogP) is 1.48. The number of nitrogens with one attached hydrogen (secondary N) is 1. The Kier molecular flexibility index (Phi) is 4.74. The average Bonchev–Trinajstić information content (AvgIpc) is 2.99. The van der Waals surface area contributed by atoms with E-state index in [0.717, 1.165) is 57.2 Å². The first-order valence-corrected chi connectivity index (χ1v) is 6.53. The smallest absolute Gasteiger partial charge is 0.195 e. The maximum absolute atomic E-state index is 5.77. The molecule has 1 aliphatic heterocycles.